The highest BCUT2D eigenvalue weighted by Crippen LogP contribution is 2.46. The van der Waals surface area contributed by atoms with Crippen molar-refractivity contribution in [3.63, 3.8) is 0 Å². The van der Waals surface area contributed by atoms with Crippen molar-refractivity contribution in [2.45, 2.75) is 0 Å². The van der Waals surface area contributed by atoms with Gasteiger partial charge in [-0.25, -0.2) is 0 Å². The van der Waals surface area contributed by atoms with Gasteiger partial charge in [0.15, 0.2) is 0 Å². The summed E-state index contributed by atoms with van der Waals surface area (Å²) in [6, 6.07) is 84.0. The van der Waals surface area contributed by atoms with E-state index >= 15 is 0 Å². The summed E-state index contributed by atoms with van der Waals surface area (Å²) in [5, 5.41) is 27.0. The lowest BCUT2D eigenvalue weighted by Gasteiger charge is -2.22. The van der Waals surface area contributed by atoms with Gasteiger partial charge in [-0.3, -0.25) is 0 Å². The van der Waals surface area contributed by atoms with Gasteiger partial charge in [0, 0.05) is 54.8 Å². The van der Waals surface area contributed by atoms with Gasteiger partial charge in [0.2, 0.25) is 0 Å². The van der Waals surface area contributed by atoms with Crippen molar-refractivity contribution < 1.29 is 0 Å². The number of hydrogen-bond acceptors (Lipinski definition) is 2. The molecule has 13 aromatic rings. The molecular formula is C62H37N5. The van der Waals surface area contributed by atoms with Crippen LogP contribution in [0.1, 0.15) is 11.1 Å². The summed E-state index contributed by atoms with van der Waals surface area (Å²) in [5.41, 5.74) is 17.1. The molecule has 310 valence electrons. The van der Waals surface area contributed by atoms with E-state index in [4.69, 9.17) is 0 Å². The van der Waals surface area contributed by atoms with Crippen molar-refractivity contribution in [2.75, 3.05) is 0 Å². The SMILES string of the molecule is N#Cc1ccc(-c2cc(-c3ccccc3)cc(-c3ccc(C#N)cc3)c2-n2c3cc(-n4c5ccccc5c5ccccc54)ccc3c3ccc(-n4c5ccccc5c5ccccc54)cc32)cc1. The van der Waals surface area contributed by atoms with Gasteiger partial charge in [0.1, 0.15) is 0 Å². The Labute approximate surface area is 386 Å². The van der Waals surface area contributed by atoms with Crippen LogP contribution < -0.4 is 0 Å². The molecule has 0 unspecified atom stereocenters. The van der Waals surface area contributed by atoms with Crippen LogP contribution in [0.5, 0.6) is 0 Å². The van der Waals surface area contributed by atoms with E-state index in [1.807, 2.05) is 30.3 Å². The molecule has 5 heteroatoms. The fraction of sp³-hybridized carbons (Fsp3) is 0. The van der Waals surface area contributed by atoms with Crippen LogP contribution >= 0.6 is 0 Å². The van der Waals surface area contributed by atoms with Crippen LogP contribution in [0.3, 0.4) is 0 Å². The third kappa shape index (κ3) is 5.93. The number of nitrogens with zero attached hydrogens (tertiary/aromatic N) is 5. The average Bonchev–Trinajstić information content (AvgIpc) is 4.03. The van der Waals surface area contributed by atoms with Crippen LogP contribution in [0, 0.1) is 22.7 Å². The van der Waals surface area contributed by atoms with Crippen LogP contribution in [0.4, 0.5) is 0 Å². The predicted octanol–water partition coefficient (Wildman–Crippen LogP) is 15.7. The minimum Gasteiger partial charge on any atom is -0.309 e. The number of aromatic nitrogens is 3. The van der Waals surface area contributed by atoms with E-state index in [9.17, 15) is 10.5 Å². The molecule has 0 N–H and O–H groups in total. The fourth-order valence-corrected chi connectivity index (χ4v) is 10.5. The molecule has 0 bridgehead atoms. The van der Waals surface area contributed by atoms with Crippen LogP contribution in [0.15, 0.2) is 224 Å². The topological polar surface area (TPSA) is 62.4 Å². The molecule has 0 aliphatic heterocycles. The molecule has 3 aromatic heterocycles. The molecule has 0 fully saturated rings. The Bertz CT molecular complexity index is 3850. The van der Waals surface area contributed by atoms with Gasteiger partial charge in [-0.05, 0) is 107 Å². The maximum absolute atomic E-state index is 9.96. The Morgan fingerprint density at radius 2 is 0.627 bits per heavy atom. The number of hydrogen-bond donors (Lipinski definition) is 0. The summed E-state index contributed by atoms with van der Waals surface area (Å²) in [4.78, 5) is 0. The van der Waals surface area contributed by atoms with E-state index in [1.54, 1.807) is 0 Å². The Morgan fingerprint density at radius 3 is 1.01 bits per heavy atom. The van der Waals surface area contributed by atoms with Crippen molar-refractivity contribution in [2.24, 2.45) is 0 Å². The van der Waals surface area contributed by atoms with E-state index in [0.717, 1.165) is 94.3 Å². The monoisotopic (exact) mass is 851 g/mol. The van der Waals surface area contributed by atoms with Gasteiger partial charge >= 0.3 is 0 Å². The largest absolute Gasteiger partial charge is 0.309 e. The zero-order chi connectivity index (χ0) is 44.6. The molecule has 13 rings (SSSR count). The van der Waals surface area contributed by atoms with Gasteiger partial charge in [0.25, 0.3) is 0 Å². The van der Waals surface area contributed by atoms with Crippen molar-refractivity contribution in [1.82, 2.24) is 13.7 Å². The Kier molecular flexibility index (Phi) is 8.58. The predicted molar refractivity (Wildman–Crippen MR) is 275 cm³/mol. The smallest absolute Gasteiger partial charge is 0.0991 e. The Balaban J connectivity index is 1.20. The minimum atomic E-state index is 0.598. The summed E-state index contributed by atoms with van der Waals surface area (Å²) in [7, 11) is 0. The average molecular weight is 852 g/mol. The first-order valence-corrected chi connectivity index (χ1v) is 22.5. The molecule has 0 aliphatic carbocycles. The molecule has 0 atom stereocenters. The summed E-state index contributed by atoms with van der Waals surface area (Å²) < 4.78 is 7.24. The van der Waals surface area contributed by atoms with Gasteiger partial charge in [0.05, 0.1) is 62.1 Å². The zero-order valence-corrected chi connectivity index (χ0v) is 36.1. The normalized spacial score (nSPS) is 11.6. The van der Waals surface area contributed by atoms with Crippen LogP contribution in [-0.2, 0) is 0 Å². The molecule has 0 amide bonds. The lowest BCUT2D eigenvalue weighted by atomic mass is 9.90. The Morgan fingerprint density at radius 1 is 0.269 bits per heavy atom. The van der Waals surface area contributed by atoms with Gasteiger partial charge < -0.3 is 13.7 Å². The van der Waals surface area contributed by atoms with Crippen molar-refractivity contribution in [1.29, 1.82) is 10.5 Å². The zero-order valence-electron chi connectivity index (χ0n) is 36.1. The number of benzene rings is 10. The maximum Gasteiger partial charge on any atom is 0.0991 e. The highest BCUT2D eigenvalue weighted by atomic mass is 15.0. The van der Waals surface area contributed by atoms with E-state index in [1.165, 1.54) is 21.5 Å². The molecule has 0 saturated heterocycles. The molecule has 67 heavy (non-hydrogen) atoms. The van der Waals surface area contributed by atoms with Crippen molar-refractivity contribution >= 4 is 65.4 Å². The number of rotatable bonds is 6. The van der Waals surface area contributed by atoms with Crippen molar-refractivity contribution in [3.05, 3.63) is 236 Å². The van der Waals surface area contributed by atoms with E-state index in [-0.39, 0.29) is 0 Å². The molecule has 5 nitrogen and oxygen atoms in total. The van der Waals surface area contributed by atoms with Crippen molar-refractivity contribution in [3.8, 4) is 62.6 Å². The van der Waals surface area contributed by atoms with Gasteiger partial charge in [-0.1, -0.05) is 140 Å². The van der Waals surface area contributed by atoms with Crippen LogP contribution in [-0.4, -0.2) is 13.7 Å². The molecule has 10 aromatic carbocycles. The summed E-state index contributed by atoms with van der Waals surface area (Å²) in [6.45, 7) is 0. The number of nitriles is 2. The van der Waals surface area contributed by atoms with Crippen LogP contribution in [0.2, 0.25) is 0 Å². The standard InChI is InChI=1S/C62H37N5/c63-38-40-22-26-43(27-23-40)54-34-45(42-12-2-1-3-13-42)35-55(44-28-24-41(39-64)25-29-44)62(54)67-60-36-46(65-56-18-8-4-14-48(56)49-15-5-9-19-57(49)65)30-32-52(60)53-33-31-47(37-61(53)67)66-58-20-10-6-16-50(58)51-17-7-11-21-59(51)66/h1-37H. The molecule has 3 heterocycles. The maximum atomic E-state index is 9.96. The van der Waals surface area contributed by atoms with E-state index < -0.39 is 0 Å². The summed E-state index contributed by atoms with van der Waals surface area (Å²) >= 11 is 0. The highest BCUT2D eigenvalue weighted by molar-refractivity contribution is 6.14. The van der Waals surface area contributed by atoms with Gasteiger partial charge in [-0.15, -0.1) is 0 Å². The first-order valence-electron chi connectivity index (χ1n) is 22.5. The first-order chi connectivity index (χ1) is 33.1. The number of para-hydroxylation sites is 4. The highest BCUT2D eigenvalue weighted by Gasteiger charge is 2.24. The molecule has 0 radical (unpaired) electrons. The molecular weight excluding hydrogens is 815 g/mol. The summed E-state index contributed by atoms with van der Waals surface area (Å²) in [5.74, 6) is 0. The lowest BCUT2D eigenvalue weighted by molar-refractivity contribution is 1.15. The fourth-order valence-electron chi connectivity index (χ4n) is 10.5. The van der Waals surface area contributed by atoms with Crippen LogP contribution in [0.25, 0.3) is 116 Å². The first kappa shape index (κ1) is 38.1. The second-order valence-corrected chi connectivity index (χ2v) is 17.1. The quantitative estimate of drug-likeness (QED) is 0.167. The molecule has 0 spiro atoms. The van der Waals surface area contributed by atoms with Gasteiger partial charge in [-0.2, -0.15) is 10.5 Å². The second-order valence-electron chi connectivity index (χ2n) is 17.1. The summed E-state index contributed by atoms with van der Waals surface area (Å²) in [6.07, 6.45) is 0. The van der Waals surface area contributed by atoms with E-state index in [0.29, 0.717) is 11.1 Å². The van der Waals surface area contributed by atoms with E-state index in [2.05, 4.69) is 220 Å². The number of fused-ring (bicyclic) bond motifs is 9. The third-order valence-electron chi connectivity index (χ3n) is 13.5. The third-order valence-corrected chi connectivity index (χ3v) is 13.5. The second kappa shape index (κ2) is 15.1. The lowest BCUT2D eigenvalue weighted by Crippen LogP contribution is -2.03. The Hall–Kier alpha value is -9.42. The minimum absolute atomic E-state index is 0.598. The molecule has 0 aliphatic rings. The molecule has 0 saturated carbocycles.